The van der Waals surface area contributed by atoms with Crippen LogP contribution in [0.2, 0.25) is 0 Å². The van der Waals surface area contributed by atoms with Gasteiger partial charge in [-0.1, -0.05) is 49.9 Å². The summed E-state index contributed by atoms with van der Waals surface area (Å²) in [5.41, 5.74) is 3.79. The van der Waals surface area contributed by atoms with E-state index in [-0.39, 0.29) is 11.5 Å². The van der Waals surface area contributed by atoms with Gasteiger partial charge in [-0.2, -0.15) is 0 Å². The largest absolute Gasteiger partial charge is 0.338 e. The number of rotatable bonds is 5. The van der Waals surface area contributed by atoms with E-state index >= 15 is 0 Å². The molecule has 1 fully saturated rings. The Morgan fingerprint density at radius 3 is 2.82 bits per heavy atom. The molecule has 0 radical (unpaired) electrons. The number of hydrogen-bond donors (Lipinski definition) is 1. The first-order valence-corrected chi connectivity index (χ1v) is 10.5. The molecule has 4 rings (SSSR count). The number of aromatic amines is 1. The molecule has 1 aliphatic carbocycles. The van der Waals surface area contributed by atoms with Crippen LogP contribution in [0.1, 0.15) is 66.7 Å². The van der Waals surface area contributed by atoms with Crippen molar-refractivity contribution in [3.63, 3.8) is 0 Å². The maximum atomic E-state index is 12.7. The van der Waals surface area contributed by atoms with E-state index < -0.39 is 0 Å². The summed E-state index contributed by atoms with van der Waals surface area (Å²) < 4.78 is 0. The van der Waals surface area contributed by atoms with Crippen molar-refractivity contribution in [2.75, 3.05) is 6.54 Å². The number of benzene rings is 1. The highest BCUT2D eigenvalue weighted by Gasteiger charge is 2.25. The van der Waals surface area contributed by atoms with E-state index in [1.165, 1.54) is 36.8 Å². The lowest BCUT2D eigenvalue weighted by Gasteiger charge is -2.28. The fourth-order valence-electron chi connectivity index (χ4n) is 4.55. The maximum absolute atomic E-state index is 12.7. The zero-order valence-electron chi connectivity index (χ0n) is 16.7. The Hall–Kier alpha value is -2.43. The third kappa shape index (κ3) is 4.18. The number of nitrogens with zero attached hydrogens (tertiary/aromatic N) is 2. The van der Waals surface area contributed by atoms with Crippen LogP contribution in [0.25, 0.3) is 0 Å². The van der Waals surface area contributed by atoms with Crippen molar-refractivity contribution in [2.24, 2.45) is 5.92 Å². The van der Waals surface area contributed by atoms with Gasteiger partial charge >= 0.3 is 0 Å². The molecule has 0 atom stereocenters. The molecule has 1 aliphatic heterocycles. The van der Waals surface area contributed by atoms with Gasteiger partial charge in [-0.3, -0.25) is 9.59 Å². The van der Waals surface area contributed by atoms with Gasteiger partial charge in [0, 0.05) is 25.8 Å². The molecule has 0 spiro atoms. The van der Waals surface area contributed by atoms with Crippen molar-refractivity contribution in [3.8, 4) is 0 Å². The Bertz CT molecular complexity index is 912. The third-order valence-corrected chi connectivity index (χ3v) is 6.33. The highest BCUT2D eigenvalue weighted by atomic mass is 16.2. The summed E-state index contributed by atoms with van der Waals surface area (Å²) >= 11 is 0. The topological polar surface area (TPSA) is 66.1 Å². The van der Waals surface area contributed by atoms with E-state index in [9.17, 15) is 9.59 Å². The summed E-state index contributed by atoms with van der Waals surface area (Å²) in [4.78, 5) is 34.8. The van der Waals surface area contributed by atoms with Crippen LogP contribution >= 0.6 is 0 Å². The minimum absolute atomic E-state index is 0.0955. The van der Waals surface area contributed by atoms with Crippen molar-refractivity contribution < 1.29 is 4.79 Å². The smallest absolute Gasteiger partial charge is 0.256 e. The lowest BCUT2D eigenvalue weighted by Crippen LogP contribution is -2.39. The van der Waals surface area contributed by atoms with Crippen molar-refractivity contribution in [2.45, 2.75) is 64.8 Å². The molecule has 148 valence electrons. The Balaban J connectivity index is 1.43. The van der Waals surface area contributed by atoms with E-state index in [4.69, 9.17) is 4.98 Å². The number of H-pyrrole nitrogens is 1. The van der Waals surface area contributed by atoms with Crippen LogP contribution in [0.4, 0.5) is 0 Å². The van der Waals surface area contributed by atoms with E-state index in [2.05, 4.69) is 24.0 Å². The van der Waals surface area contributed by atoms with Crippen molar-refractivity contribution in [1.82, 2.24) is 14.9 Å². The van der Waals surface area contributed by atoms with Gasteiger partial charge in [0.05, 0.1) is 17.8 Å². The lowest BCUT2D eigenvalue weighted by molar-refractivity contribution is -0.132. The Morgan fingerprint density at radius 1 is 1.25 bits per heavy atom. The van der Waals surface area contributed by atoms with Gasteiger partial charge in [0.1, 0.15) is 5.82 Å². The molecule has 28 heavy (non-hydrogen) atoms. The quantitative estimate of drug-likeness (QED) is 0.864. The summed E-state index contributed by atoms with van der Waals surface area (Å²) in [6.07, 6.45) is 8.04. The molecule has 0 bridgehead atoms. The zero-order chi connectivity index (χ0) is 19.5. The van der Waals surface area contributed by atoms with E-state index in [0.29, 0.717) is 43.7 Å². The van der Waals surface area contributed by atoms with Crippen molar-refractivity contribution >= 4 is 5.91 Å². The Morgan fingerprint density at radius 2 is 2.04 bits per heavy atom. The Labute approximate surface area is 166 Å². The van der Waals surface area contributed by atoms with Crippen LogP contribution in [0, 0.1) is 12.8 Å². The number of aromatic nitrogens is 2. The summed E-state index contributed by atoms with van der Waals surface area (Å²) in [5.74, 6) is 1.61. The molecule has 0 saturated heterocycles. The van der Waals surface area contributed by atoms with Gasteiger partial charge in [-0.05, 0) is 30.4 Å². The number of carbonyl (C=O) groups is 1. The van der Waals surface area contributed by atoms with Crippen LogP contribution in [0.3, 0.4) is 0 Å². The summed E-state index contributed by atoms with van der Waals surface area (Å²) in [7, 11) is 0. The fraction of sp³-hybridized carbons (Fsp3) is 0.522. The predicted octanol–water partition coefficient (Wildman–Crippen LogP) is 3.52. The molecule has 1 aromatic carbocycles. The van der Waals surface area contributed by atoms with Gasteiger partial charge < -0.3 is 9.88 Å². The average molecular weight is 380 g/mol. The van der Waals surface area contributed by atoms with Gasteiger partial charge in [-0.25, -0.2) is 4.98 Å². The molecule has 1 saturated carbocycles. The van der Waals surface area contributed by atoms with Crippen LogP contribution in [0.15, 0.2) is 29.1 Å². The standard InChI is InChI=1S/C23H29N3O2/c1-16-6-2-5-9-18(16)14-21-24-20-12-13-26(15-19(20)23(28)25-21)22(27)11-10-17-7-3-4-8-17/h2,5-6,9,17H,3-4,7-8,10-15H2,1H3,(H,24,25,28). The molecule has 1 aromatic heterocycles. The summed E-state index contributed by atoms with van der Waals surface area (Å²) in [6, 6.07) is 8.16. The first-order chi connectivity index (χ1) is 13.6. The molecule has 0 unspecified atom stereocenters. The lowest BCUT2D eigenvalue weighted by atomic mass is 10.0. The van der Waals surface area contributed by atoms with E-state index in [0.717, 1.165) is 18.0 Å². The van der Waals surface area contributed by atoms with Gasteiger partial charge in [0.15, 0.2) is 0 Å². The number of carbonyl (C=O) groups excluding carboxylic acids is 1. The number of nitrogens with one attached hydrogen (secondary N) is 1. The molecular formula is C23H29N3O2. The van der Waals surface area contributed by atoms with E-state index in [1.807, 2.05) is 17.0 Å². The molecular weight excluding hydrogens is 350 g/mol. The monoisotopic (exact) mass is 379 g/mol. The summed E-state index contributed by atoms with van der Waals surface area (Å²) in [5, 5.41) is 0. The van der Waals surface area contributed by atoms with Crippen LogP contribution in [-0.4, -0.2) is 27.3 Å². The van der Waals surface area contributed by atoms with Gasteiger partial charge in [-0.15, -0.1) is 0 Å². The fourth-order valence-corrected chi connectivity index (χ4v) is 4.55. The van der Waals surface area contributed by atoms with Gasteiger partial charge in [0.2, 0.25) is 5.91 Å². The van der Waals surface area contributed by atoms with Crippen LogP contribution in [-0.2, 0) is 24.2 Å². The first-order valence-electron chi connectivity index (χ1n) is 10.5. The molecule has 5 nitrogen and oxygen atoms in total. The van der Waals surface area contributed by atoms with Crippen LogP contribution in [0.5, 0.6) is 0 Å². The average Bonchev–Trinajstić information content (AvgIpc) is 3.21. The maximum Gasteiger partial charge on any atom is 0.256 e. The van der Waals surface area contributed by atoms with Crippen molar-refractivity contribution in [1.29, 1.82) is 0 Å². The zero-order valence-corrected chi connectivity index (χ0v) is 16.7. The Kier molecular flexibility index (Phi) is 5.60. The minimum Gasteiger partial charge on any atom is -0.338 e. The molecule has 2 aromatic rings. The number of aryl methyl sites for hydroxylation is 1. The first kappa shape index (κ1) is 18.9. The van der Waals surface area contributed by atoms with Gasteiger partial charge in [0.25, 0.3) is 5.56 Å². The van der Waals surface area contributed by atoms with Crippen molar-refractivity contribution in [3.05, 3.63) is 62.8 Å². The second-order valence-electron chi connectivity index (χ2n) is 8.30. The SMILES string of the molecule is Cc1ccccc1Cc1nc2c(c(=O)[nH]1)CN(C(=O)CCC1CCCC1)CC2. The number of amides is 1. The third-order valence-electron chi connectivity index (χ3n) is 6.33. The molecule has 2 heterocycles. The molecule has 1 amide bonds. The molecule has 2 aliphatic rings. The molecule has 5 heteroatoms. The second-order valence-corrected chi connectivity index (χ2v) is 8.30. The molecule has 1 N–H and O–H groups in total. The number of hydrogen-bond acceptors (Lipinski definition) is 3. The minimum atomic E-state index is -0.0955. The summed E-state index contributed by atoms with van der Waals surface area (Å²) in [6.45, 7) is 3.13. The second kappa shape index (κ2) is 8.29. The normalized spacial score (nSPS) is 17.0. The van der Waals surface area contributed by atoms with E-state index in [1.54, 1.807) is 0 Å². The predicted molar refractivity (Wildman–Crippen MR) is 109 cm³/mol. The number of fused-ring (bicyclic) bond motifs is 1. The highest BCUT2D eigenvalue weighted by Crippen LogP contribution is 2.29. The highest BCUT2D eigenvalue weighted by molar-refractivity contribution is 5.76. The van der Waals surface area contributed by atoms with Crippen LogP contribution < -0.4 is 5.56 Å².